The lowest BCUT2D eigenvalue weighted by atomic mass is 10.1. The number of aliphatic hydroxyl groups is 1. The minimum Gasteiger partial charge on any atom is -0.506 e. The Bertz CT molecular complexity index is 372. The third-order valence-corrected chi connectivity index (χ3v) is 3.55. The number of aryl methyl sites for hydroxylation is 1. The molecule has 0 radical (unpaired) electrons. The van der Waals surface area contributed by atoms with Crippen molar-refractivity contribution in [2.75, 3.05) is 18.6 Å². The van der Waals surface area contributed by atoms with Gasteiger partial charge >= 0.3 is 0 Å². The fourth-order valence-corrected chi connectivity index (χ4v) is 2.22. The lowest BCUT2D eigenvalue weighted by molar-refractivity contribution is 0.278. The number of unbranched alkanes of at least 4 members (excludes halogenated alkanes) is 1. The number of pyridine rings is 1. The van der Waals surface area contributed by atoms with E-state index < -0.39 is 0 Å². The number of hydrogen-bond acceptors (Lipinski definition) is 5. The zero-order chi connectivity index (χ0) is 13.4. The lowest BCUT2D eigenvalue weighted by Gasteiger charge is -2.12. The number of aromatic nitrogens is 1. The van der Waals surface area contributed by atoms with Crippen molar-refractivity contribution < 1.29 is 10.2 Å². The fraction of sp³-hybridized carbons (Fsp3) is 0.615. The SMILES string of the molecule is CSCCCCNCc1c(CO)cnc(C)c1O. The van der Waals surface area contributed by atoms with Crippen molar-refractivity contribution in [2.24, 2.45) is 0 Å². The molecular weight excluding hydrogens is 248 g/mol. The maximum atomic E-state index is 9.93. The van der Waals surface area contributed by atoms with Gasteiger partial charge in [-0.1, -0.05) is 0 Å². The third-order valence-electron chi connectivity index (χ3n) is 2.85. The summed E-state index contributed by atoms with van der Waals surface area (Å²) in [6, 6.07) is 0. The van der Waals surface area contributed by atoms with Crippen LogP contribution in [0.1, 0.15) is 29.7 Å². The van der Waals surface area contributed by atoms with Crippen molar-refractivity contribution in [2.45, 2.75) is 32.9 Å². The number of aromatic hydroxyl groups is 1. The third kappa shape index (κ3) is 4.48. The molecule has 1 aromatic heterocycles. The summed E-state index contributed by atoms with van der Waals surface area (Å²) in [5.74, 6) is 1.38. The van der Waals surface area contributed by atoms with Crippen molar-refractivity contribution in [3.05, 3.63) is 23.0 Å². The molecule has 1 rings (SSSR count). The summed E-state index contributed by atoms with van der Waals surface area (Å²) in [6.45, 7) is 3.17. The molecule has 3 N–H and O–H groups in total. The van der Waals surface area contributed by atoms with Crippen molar-refractivity contribution in [1.29, 1.82) is 0 Å². The highest BCUT2D eigenvalue weighted by molar-refractivity contribution is 7.98. The van der Waals surface area contributed by atoms with Crippen LogP contribution in [0.15, 0.2) is 6.20 Å². The standard InChI is InChI=1S/C13H22N2O2S/c1-10-13(17)12(11(9-16)7-15-10)8-14-5-3-4-6-18-2/h7,14,16-17H,3-6,8-9H2,1-2H3. The quantitative estimate of drug-likeness (QED) is 0.629. The van der Waals surface area contributed by atoms with Crippen LogP contribution in [0.4, 0.5) is 0 Å². The predicted molar refractivity (Wildman–Crippen MR) is 75.9 cm³/mol. The van der Waals surface area contributed by atoms with Gasteiger partial charge < -0.3 is 15.5 Å². The molecule has 18 heavy (non-hydrogen) atoms. The maximum Gasteiger partial charge on any atom is 0.141 e. The van der Waals surface area contributed by atoms with Gasteiger partial charge in [-0.15, -0.1) is 0 Å². The number of thioether (sulfide) groups is 1. The van der Waals surface area contributed by atoms with Crippen LogP contribution in [0.5, 0.6) is 5.75 Å². The molecule has 1 aromatic rings. The second kappa shape index (κ2) is 8.34. The molecule has 0 fully saturated rings. The summed E-state index contributed by atoms with van der Waals surface area (Å²) < 4.78 is 0. The second-order valence-corrected chi connectivity index (χ2v) is 5.22. The van der Waals surface area contributed by atoms with Crippen molar-refractivity contribution in [3.63, 3.8) is 0 Å². The topological polar surface area (TPSA) is 65.4 Å². The Morgan fingerprint density at radius 2 is 2.17 bits per heavy atom. The van der Waals surface area contributed by atoms with Gasteiger partial charge in [-0.25, -0.2) is 0 Å². The number of nitrogens with zero attached hydrogens (tertiary/aromatic N) is 1. The average molecular weight is 270 g/mol. The van der Waals surface area contributed by atoms with Crippen molar-refractivity contribution in [1.82, 2.24) is 10.3 Å². The Hall–Kier alpha value is -0.780. The molecule has 0 bridgehead atoms. The van der Waals surface area contributed by atoms with Gasteiger partial charge in [-0.3, -0.25) is 4.98 Å². The van der Waals surface area contributed by atoms with Crippen LogP contribution in [0.2, 0.25) is 0 Å². The van der Waals surface area contributed by atoms with Gasteiger partial charge in [0, 0.05) is 23.9 Å². The molecule has 1 heterocycles. The maximum absolute atomic E-state index is 9.93. The molecule has 0 spiro atoms. The van der Waals surface area contributed by atoms with Crippen molar-refractivity contribution in [3.8, 4) is 5.75 Å². The van der Waals surface area contributed by atoms with E-state index in [1.807, 2.05) is 11.8 Å². The second-order valence-electron chi connectivity index (χ2n) is 4.23. The van der Waals surface area contributed by atoms with Crippen LogP contribution in [-0.2, 0) is 13.2 Å². The van der Waals surface area contributed by atoms with Gasteiger partial charge in [-0.05, 0) is 38.3 Å². The monoisotopic (exact) mass is 270 g/mol. The highest BCUT2D eigenvalue weighted by Gasteiger charge is 2.10. The van der Waals surface area contributed by atoms with Crippen LogP contribution in [0.3, 0.4) is 0 Å². The van der Waals surface area contributed by atoms with E-state index in [2.05, 4.69) is 16.6 Å². The minimum absolute atomic E-state index is 0.0929. The van der Waals surface area contributed by atoms with E-state index in [0.29, 0.717) is 17.8 Å². The molecule has 0 aliphatic carbocycles. The lowest BCUT2D eigenvalue weighted by Crippen LogP contribution is -2.16. The summed E-state index contributed by atoms with van der Waals surface area (Å²) in [7, 11) is 0. The van der Waals surface area contributed by atoms with Gasteiger partial charge in [0.15, 0.2) is 0 Å². The number of aliphatic hydroxyl groups excluding tert-OH is 1. The molecule has 0 aliphatic heterocycles. The van der Waals surface area contributed by atoms with E-state index in [9.17, 15) is 10.2 Å². The minimum atomic E-state index is -0.0929. The van der Waals surface area contributed by atoms with Crippen LogP contribution < -0.4 is 5.32 Å². The molecule has 102 valence electrons. The van der Waals surface area contributed by atoms with E-state index in [1.165, 1.54) is 12.2 Å². The predicted octanol–water partition coefficient (Wildman–Crippen LogP) is 1.82. The Kier molecular flexibility index (Phi) is 7.08. The average Bonchev–Trinajstić information content (AvgIpc) is 2.38. The van der Waals surface area contributed by atoms with Gasteiger partial charge in [0.1, 0.15) is 5.75 Å². The number of rotatable bonds is 8. The molecule has 0 atom stereocenters. The first-order chi connectivity index (χ1) is 8.70. The van der Waals surface area contributed by atoms with Gasteiger partial charge in [0.2, 0.25) is 0 Å². The molecule has 0 saturated heterocycles. The summed E-state index contributed by atoms with van der Waals surface area (Å²) >= 11 is 1.86. The largest absolute Gasteiger partial charge is 0.506 e. The van der Waals surface area contributed by atoms with Gasteiger partial charge in [0.05, 0.1) is 12.3 Å². The van der Waals surface area contributed by atoms with Crippen molar-refractivity contribution >= 4 is 11.8 Å². The first-order valence-electron chi connectivity index (χ1n) is 6.17. The van der Waals surface area contributed by atoms with Crippen LogP contribution >= 0.6 is 11.8 Å². The van der Waals surface area contributed by atoms with E-state index >= 15 is 0 Å². The summed E-state index contributed by atoms with van der Waals surface area (Å²) in [4.78, 5) is 4.04. The highest BCUT2D eigenvalue weighted by Crippen LogP contribution is 2.23. The zero-order valence-electron chi connectivity index (χ0n) is 11.1. The molecule has 0 unspecified atom stereocenters. The van der Waals surface area contributed by atoms with Gasteiger partial charge in [0.25, 0.3) is 0 Å². The molecule has 4 nitrogen and oxygen atoms in total. The summed E-state index contributed by atoms with van der Waals surface area (Å²) in [5, 5.41) is 22.5. The number of hydrogen-bond donors (Lipinski definition) is 3. The molecule has 0 saturated carbocycles. The molecule has 0 aliphatic rings. The first kappa shape index (κ1) is 15.3. The molecule has 0 amide bonds. The fourth-order valence-electron chi connectivity index (χ4n) is 1.73. The first-order valence-corrected chi connectivity index (χ1v) is 7.57. The molecule has 0 aromatic carbocycles. The number of nitrogens with one attached hydrogen (secondary N) is 1. The molecular formula is C13H22N2O2S. The van der Waals surface area contributed by atoms with E-state index in [-0.39, 0.29) is 12.4 Å². The normalized spacial score (nSPS) is 10.8. The van der Waals surface area contributed by atoms with E-state index in [4.69, 9.17) is 0 Å². The zero-order valence-corrected chi connectivity index (χ0v) is 11.9. The summed E-state index contributed by atoms with van der Waals surface area (Å²) in [5.41, 5.74) is 2.05. The van der Waals surface area contributed by atoms with Crippen LogP contribution in [0.25, 0.3) is 0 Å². The Morgan fingerprint density at radius 3 is 2.83 bits per heavy atom. The molecule has 5 heteroatoms. The van der Waals surface area contributed by atoms with Crippen LogP contribution in [-0.4, -0.2) is 33.8 Å². The van der Waals surface area contributed by atoms with E-state index in [0.717, 1.165) is 18.5 Å². The highest BCUT2D eigenvalue weighted by atomic mass is 32.2. The van der Waals surface area contributed by atoms with Gasteiger partial charge in [-0.2, -0.15) is 11.8 Å². The van der Waals surface area contributed by atoms with Crippen LogP contribution in [0, 0.1) is 6.92 Å². The smallest absolute Gasteiger partial charge is 0.141 e. The Labute approximate surface area is 113 Å². The van der Waals surface area contributed by atoms with E-state index in [1.54, 1.807) is 13.1 Å². The Morgan fingerprint density at radius 1 is 1.39 bits per heavy atom. The Balaban J connectivity index is 2.48. The summed E-state index contributed by atoms with van der Waals surface area (Å²) in [6.07, 6.45) is 6.06.